The summed E-state index contributed by atoms with van der Waals surface area (Å²) in [5, 5.41) is 0.768. The molecule has 0 amide bonds. The molecule has 3 aromatic rings. The number of fused-ring (bicyclic) bond motifs is 1. The molecule has 0 bridgehead atoms. The van der Waals surface area contributed by atoms with Crippen LogP contribution in [0.5, 0.6) is 0 Å². The first-order valence-corrected chi connectivity index (χ1v) is 6.53. The van der Waals surface area contributed by atoms with Crippen molar-refractivity contribution in [3.63, 3.8) is 0 Å². The minimum atomic E-state index is -0.841. The van der Waals surface area contributed by atoms with Gasteiger partial charge in [0.2, 0.25) is 0 Å². The zero-order valence-electron chi connectivity index (χ0n) is 9.81. The summed E-state index contributed by atoms with van der Waals surface area (Å²) in [4.78, 5) is 4.40. The highest BCUT2D eigenvalue weighted by atomic mass is 32.1. The molecule has 0 spiro atoms. The Hall–Kier alpha value is -2.07. The number of para-hydroxylation sites is 1. The Kier molecular flexibility index (Phi) is 3.09. The fourth-order valence-corrected chi connectivity index (χ4v) is 2.64. The number of benzene rings is 2. The molecular weight excluding hydrogens is 264 g/mol. The van der Waals surface area contributed by atoms with Crippen LogP contribution >= 0.6 is 11.3 Å². The smallest absolute Gasteiger partial charge is 0.166 e. The number of hydrogen-bond donors (Lipinski definition) is 0. The maximum absolute atomic E-state index is 13.5. The Morgan fingerprint density at radius 3 is 2.63 bits per heavy atom. The van der Waals surface area contributed by atoms with E-state index in [9.17, 15) is 8.78 Å². The van der Waals surface area contributed by atoms with E-state index < -0.39 is 11.6 Å². The molecule has 0 radical (unpaired) electrons. The maximum atomic E-state index is 13.5. The molecular formula is C15H9F2NS. The van der Waals surface area contributed by atoms with E-state index in [1.807, 2.05) is 24.3 Å². The summed E-state index contributed by atoms with van der Waals surface area (Å²) in [5.74, 6) is -1.67. The van der Waals surface area contributed by atoms with Crippen LogP contribution in [-0.4, -0.2) is 4.98 Å². The van der Waals surface area contributed by atoms with E-state index in [0.717, 1.165) is 21.3 Å². The van der Waals surface area contributed by atoms with Gasteiger partial charge in [0.1, 0.15) is 5.01 Å². The first-order valence-electron chi connectivity index (χ1n) is 5.72. The van der Waals surface area contributed by atoms with Gasteiger partial charge in [-0.3, -0.25) is 0 Å². The number of aromatic nitrogens is 1. The van der Waals surface area contributed by atoms with Crippen LogP contribution in [0.1, 0.15) is 10.6 Å². The van der Waals surface area contributed by atoms with E-state index >= 15 is 0 Å². The molecule has 0 fully saturated rings. The Labute approximate surface area is 112 Å². The van der Waals surface area contributed by atoms with Crippen molar-refractivity contribution in [3.8, 4) is 0 Å². The molecule has 1 nitrogen and oxygen atoms in total. The molecule has 3 rings (SSSR count). The quantitative estimate of drug-likeness (QED) is 0.657. The largest absolute Gasteiger partial charge is 0.237 e. The van der Waals surface area contributed by atoms with Gasteiger partial charge in [-0.2, -0.15) is 0 Å². The summed E-state index contributed by atoms with van der Waals surface area (Å²) in [6.07, 6.45) is 3.23. The first kappa shape index (κ1) is 12.0. The van der Waals surface area contributed by atoms with Crippen molar-refractivity contribution in [2.45, 2.75) is 0 Å². The third-order valence-electron chi connectivity index (χ3n) is 2.70. The van der Waals surface area contributed by atoms with E-state index in [4.69, 9.17) is 0 Å². The number of thiazole rings is 1. The lowest BCUT2D eigenvalue weighted by atomic mass is 10.2. The second kappa shape index (κ2) is 4.90. The van der Waals surface area contributed by atoms with E-state index in [1.54, 1.807) is 6.08 Å². The van der Waals surface area contributed by atoms with Crippen molar-refractivity contribution >= 4 is 33.7 Å². The molecule has 1 aromatic heterocycles. The van der Waals surface area contributed by atoms with Crippen LogP contribution in [0, 0.1) is 11.6 Å². The molecule has 0 saturated heterocycles. The van der Waals surface area contributed by atoms with E-state index in [-0.39, 0.29) is 5.56 Å². The van der Waals surface area contributed by atoms with Crippen LogP contribution in [0.2, 0.25) is 0 Å². The highest BCUT2D eigenvalue weighted by Gasteiger charge is 2.05. The first-order chi connectivity index (χ1) is 9.24. The van der Waals surface area contributed by atoms with Crippen LogP contribution in [0.15, 0.2) is 42.5 Å². The third kappa shape index (κ3) is 2.39. The van der Waals surface area contributed by atoms with Crippen molar-refractivity contribution in [3.05, 3.63) is 64.7 Å². The molecule has 19 heavy (non-hydrogen) atoms. The number of halogens is 2. The normalized spacial score (nSPS) is 11.5. The van der Waals surface area contributed by atoms with E-state index in [0.29, 0.717) is 0 Å². The van der Waals surface area contributed by atoms with Crippen LogP contribution in [-0.2, 0) is 0 Å². The van der Waals surface area contributed by atoms with Crippen LogP contribution in [0.4, 0.5) is 8.78 Å². The van der Waals surface area contributed by atoms with Gasteiger partial charge < -0.3 is 0 Å². The fraction of sp³-hybridized carbons (Fsp3) is 0. The molecule has 0 aliphatic heterocycles. The maximum Gasteiger partial charge on any atom is 0.166 e. The van der Waals surface area contributed by atoms with Gasteiger partial charge in [0.05, 0.1) is 10.2 Å². The van der Waals surface area contributed by atoms with E-state index in [2.05, 4.69) is 4.98 Å². The third-order valence-corrected chi connectivity index (χ3v) is 3.70. The molecule has 0 saturated carbocycles. The SMILES string of the molecule is Fc1cccc(C=Cc2nc3ccccc3s2)c1F. The molecule has 0 aliphatic carbocycles. The van der Waals surface area contributed by atoms with Crippen molar-refractivity contribution < 1.29 is 8.78 Å². The Bertz CT molecular complexity index is 729. The summed E-state index contributed by atoms with van der Waals surface area (Å²) >= 11 is 1.51. The Morgan fingerprint density at radius 2 is 1.79 bits per heavy atom. The topological polar surface area (TPSA) is 12.9 Å². The highest BCUT2D eigenvalue weighted by molar-refractivity contribution is 7.19. The summed E-state index contributed by atoms with van der Waals surface area (Å²) in [7, 11) is 0. The lowest BCUT2D eigenvalue weighted by Crippen LogP contribution is -1.86. The number of rotatable bonds is 2. The minimum absolute atomic E-state index is 0.222. The molecule has 1 heterocycles. The van der Waals surface area contributed by atoms with Gasteiger partial charge in [-0.25, -0.2) is 13.8 Å². The Morgan fingerprint density at radius 1 is 0.947 bits per heavy atom. The molecule has 0 N–H and O–H groups in total. The molecule has 2 aromatic carbocycles. The van der Waals surface area contributed by atoms with Crippen molar-refractivity contribution in [1.29, 1.82) is 0 Å². The number of nitrogens with zero attached hydrogens (tertiary/aromatic N) is 1. The summed E-state index contributed by atoms with van der Waals surface area (Å²) in [6, 6.07) is 11.9. The van der Waals surface area contributed by atoms with Gasteiger partial charge in [-0.15, -0.1) is 11.3 Å². The predicted molar refractivity (Wildman–Crippen MR) is 74.9 cm³/mol. The summed E-state index contributed by atoms with van der Waals surface area (Å²) < 4.78 is 27.6. The monoisotopic (exact) mass is 273 g/mol. The van der Waals surface area contributed by atoms with Gasteiger partial charge >= 0.3 is 0 Å². The van der Waals surface area contributed by atoms with Crippen molar-refractivity contribution in [1.82, 2.24) is 4.98 Å². The molecule has 0 atom stereocenters. The van der Waals surface area contributed by atoms with Crippen molar-refractivity contribution in [2.24, 2.45) is 0 Å². The lowest BCUT2D eigenvalue weighted by molar-refractivity contribution is 0.507. The zero-order chi connectivity index (χ0) is 13.2. The summed E-state index contributed by atoms with van der Waals surface area (Å²) in [6.45, 7) is 0. The van der Waals surface area contributed by atoms with Crippen molar-refractivity contribution in [2.75, 3.05) is 0 Å². The number of hydrogen-bond acceptors (Lipinski definition) is 2. The average Bonchev–Trinajstić information content (AvgIpc) is 2.83. The van der Waals surface area contributed by atoms with Gasteiger partial charge in [0, 0.05) is 5.56 Å². The average molecular weight is 273 g/mol. The fourth-order valence-electron chi connectivity index (χ4n) is 1.77. The zero-order valence-corrected chi connectivity index (χ0v) is 10.6. The lowest BCUT2D eigenvalue weighted by Gasteiger charge is -1.96. The van der Waals surface area contributed by atoms with Crippen LogP contribution in [0.25, 0.3) is 22.4 Å². The standard InChI is InChI=1S/C15H9F2NS/c16-11-5-3-4-10(15(11)17)8-9-14-18-12-6-1-2-7-13(12)19-14/h1-9H. The van der Waals surface area contributed by atoms with Gasteiger partial charge in [0.15, 0.2) is 11.6 Å². The van der Waals surface area contributed by atoms with Gasteiger partial charge in [-0.05, 0) is 30.4 Å². The van der Waals surface area contributed by atoms with E-state index in [1.165, 1.54) is 29.5 Å². The summed E-state index contributed by atoms with van der Waals surface area (Å²) in [5.41, 5.74) is 1.13. The predicted octanol–water partition coefficient (Wildman–Crippen LogP) is 4.74. The van der Waals surface area contributed by atoms with Crippen LogP contribution in [0.3, 0.4) is 0 Å². The van der Waals surface area contributed by atoms with Crippen LogP contribution < -0.4 is 0 Å². The Balaban J connectivity index is 1.96. The second-order valence-electron chi connectivity index (χ2n) is 4.00. The molecule has 0 unspecified atom stereocenters. The molecule has 94 valence electrons. The van der Waals surface area contributed by atoms with Gasteiger partial charge in [-0.1, -0.05) is 24.3 Å². The molecule has 0 aliphatic rings. The minimum Gasteiger partial charge on any atom is -0.237 e. The second-order valence-corrected chi connectivity index (χ2v) is 5.06. The molecule has 4 heteroatoms. The highest BCUT2D eigenvalue weighted by Crippen LogP contribution is 2.23. The van der Waals surface area contributed by atoms with Gasteiger partial charge in [0.25, 0.3) is 0 Å².